The molecule has 28 heavy (non-hydrogen) atoms. The second-order valence-electron chi connectivity index (χ2n) is 8.99. The molecule has 1 spiro atoms. The highest BCUT2D eigenvalue weighted by Crippen LogP contribution is 2.59. The molecular formula is C21H27N3O4. The van der Waals surface area contributed by atoms with Crippen LogP contribution in [0.2, 0.25) is 0 Å². The number of ether oxygens (including phenoxy) is 1. The van der Waals surface area contributed by atoms with Crippen molar-refractivity contribution in [1.82, 2.24) is 9.88 Å². The summed E-state index contributed by atoms with van der Waals surface area (Å²) in [6, 6.07) is 3.75. The number of piperidine rings is 1. The van der Waals surface area contributed by atoms with Gasteiger partial charge >= 0.3 is 6.09 Å². The molecule has 2 aliphatic rings. The Hall–Kier alpha value is -2.57. The van der Waals surface area contributed by atoms with Gasteiger partial charge in [0.25, 0.3) is 0 Å². The van der Waals surface area contributed by atoms with Gasteiger partial charge in [0.05, 0.1) is 6.20 Å². The van der Waals surface area contributed by atoms with E-state index in [2.05, 4.69) is 4.98 Å². The second-order valence-corrected chi connectivity index (χ2v) is 8.99. The van der Waals surface area contributed by atoms with Crippen molar-refractivity contribution in [2.75, 3.05) is 24.5 Å². The van der Waals surface area contributed by atoms with E-state index in [1.807, 2.05) is 32.9 Å². The smallest absolute Gasteiger partial charge is 0.410 e. The van der Waals surface area contributed by atoms with Crippen LogP contribution in [0.5, 0.6) is 0 Å². The SMILES string of the molecule is CC(C)(C)OC(=O)N1CCC2(CC1)CC2CN(C=O)c1cc2ccncc2o1. The van der Waals surface area contributed by atoms with Gasteiger partial charge in [-0.05, 0) is 57.4 Å². The van der Waals surface area contributed by atoms with Crippen molar-refractivity contribution in [2.45, 2.75) is 45.6 Å². The van der Waals surface area contributed by atoms with E-state index < -0.39 is 5.60 Å². The summed E-state index contributed by atoms with van der Waals surface area (Å²) in [5.41, 5.74) is 0.439. The molecule has 7 heteroatoms. The molecule has 3 heterocycles. The lowest BCUT2D eigenvalue weighted by atomic mass is 9.91. The lowest BCUT2D eigenvalue weighted by Crippen LogP contribution is -2.42. The molecule has 150 valence electrons. The second kappa shape index (κ2) is 6.79. The summed E-state index contributed by atoms with van der Waals surface area (Å²) in [6.45, 7) is 7.72. The third kappa shape index (κ3) is 3.70. The van der Waals surface area contributed by atoms with Crippen LogP contribution < -0.4 is 4.90 Å². The third-order valence-corrected chi connectivity index (χ3v) is 5.91. The van der Waals surface area contributed by atoms with Gasteiger partial charge in [-0.25, -0.2) is 4.79 Å². The fraction of sp³-hybridized carbons (Fsp3) is 0.571. The van der Waals surface area contributed by atoms with Crippen LogP contribution in [-0.4, -0.2) is 47.6 Å². The molecule has 0 bridgehead atoms. The molecule has 2 amide bonds. The van der Waals surface area contributed by atoms with Crippen LogP contribution in [0.1, 0.15) is 40.0 Å². The number of nitrogens with zero attached hydrogens (tertiary/aromatic N) is 3. The summed E-state index contributed by atoms with van der Waals surface area (Å²) >= 11 is 0. The molecule has 1 saturated carbocycles. The Balaban J connectivity index is 1.35. The van der Waals surface area contributed by atoms with Gasteiger partial charge in [0.2, 0.25) is 12.3 Å². The number of carbonyl (C=O) groups is 2. The van der Waals surface area contributed by atoms with Crippen molar-refractivity contribution in [3.63, 3.8) is 0 Å². The van der Waals surface area contributed by atoms with Crippen LogP contribution in [0.4, 0.5) is 10.7 Å². The predicted octanol–water partition coefficient (Wildman–Crippen LogP) is 3.83. The topological polar surface area (TPSA) is 75.9 Å². The first-order valence-corrected chi connectivity index (χ1v) is 9.83. The predicted molar refractivity (Wildman–Crippen MR) is 105 cm³/mol. The van der Waals surface area contributed by atoms with Gasteiger partial charge in [-0.2, -0.15) is 0 Å². The summed E-state index contributed by atoms with van der Waals surface area (Å²) in [5, 5.41) is 0.938. The van der Waals surface area contributed by atoms with Crippen molar-refractivity contribution >= 4 is 29.4 Å². The number of carbonyl (C=O) groups excluding carboxylic acids is 2. The molecule has 7 nitrogen and oxygen atoms in total. The normalized spacial score (nSPS) is 21.0. The zero-order valence-electron chi connectivity index (χ0n) is 16.7. The van der Waals surface area contributed by atoms with Crippen LogP contribution >= 0.6 is 0 Å². The maximum atomic E-state index is 12.3. The van der Waals surface area contributed by atoms with E-state index in [1.54, 1.807) is 22.2 Å². The first-order chi connectivity index (χ1) is 13.3. The molecule has 0 aromatic carbocycles. The van der Waals surface area contributed by atoms with Gasteiger partial charge in [0, 0.05) is 37.3 Å². The third-order valence-electron chi connectivity index (χ3n) is 5.91. The van der Waals surface area contributed by atoms with Crippen LogP contribution in [0.25, 0.3) is 11.0 Å². The van der Waals surface area contributed by atoms with E-state index in [-0.39, 0.29) is 11.5 Å². The van der Waals surface area contributed by atoms with E-state index in [9.17, 15) is 9.59 Å². The fourth-order valence-corrected chi connectivity index (χ4v) is 4.20. The highest BCUT2D eigenvalue weighted by atomic mass is 16.6. The van der Waals surface area contributed by atoms with Crippen LogP contribution in [0, 0.1) is 11.3 Å². The van der Waals surface area contributed by atoms with E-state index in [0.29, 0.717) is 37.0 Å². The van der Waals surface area contributed by atoms with Crippen LogP contribution in [-0.2, 0) is 9.53 Å². The van der Waals surface area contributed by atoms with Gasteiger partial charge in [-0.1, -0.05) is 0 Å². The summed E-state index contributed by atoms with van der Waals surface area (Å²) in [6.07, 6.45) is 6.97. The number of pyridine rings is 1. The van der Waals surface area contributed by atoms with Crippen LogP contribution in [0.15, 0.2) is 28.9 Å². The summed E-state index contributed by atoms with van der Waals surface area (Å²) in [4.78, 5) is 31.4. The van der Waals surface area contributed by atoms with E-state index in [4.69, 9.17) is 9.15 Å². The summed E-state index contributed by atoms with van der Waals surface area (Å²) in [5.74, 6) is 0.996. The maximum absolute atomic E-state index is 12.3. The van der Waals surface area contributed by atoms with Crippen molar-refractivity contribution < 1.29 is 18.7 Å². The molecule has 2 aromatic heterocycles. The van der Waals surface area contributed by atoms with Gasteiger partial charge in [-0.3, -0.25) is 14.7 Å². The Labute approximate surface area is 164 Å². The minimum Gasteiger partial charge on any atom is -0.444 e. The Kier molecular flexibility index (Phi) is 4.56. The summed E-state index contributed by atoms with van der Waals surface area (Å²) < 4.78 is 11.3. The number of rotatable bonds is 4. The molecule has 2 aromatic rings. The quantitative estimate of drug-likeness (QED) is 0.748. The van der Waals surface area contributed by atoms with Crippen molar-refractivity contribution in [2.24, 2.45) is 11.3 Å². The highest BCUT2D eigenvalue weighted by molar-refractivity contribution is 5.84. The van der Waals surface area contributed by atoms with Gasteiger partial charge in [0.15, 0.2) is 5.58 Å². The first kappa shape index (κ1) is 18.8. The molecule has 2 fully saturated rings. The fourth-order valence-electron chi connectivity index (χ4n) is 4.20. The number of likely N-dealkylation sites (tertiary alicyclic amines) is 1. The average molecular weight is 385 g/mol. The number of furan rings is 1. The average Bonchev–Trinajstić information content (AvgIpc) is 3.11. The van der Waals surface area contributed by atoms with Crippen molar-refractivity contribution in [3.05, 3.63) is 24.5 Å². The Bertz CT molecular complexity index is 844. The summed E-state index contributed by atoms with van der Waals surface area (Å²) in [7, 11) is 0. The molecule has 1 atom stereocenters. The molecule has 1 aliphatic heterocycles. The number of hydrogen-bond acceptors (Lipinski definition) is 5. The van der Waals surface area contributed by atoms with Gasteiger partial charge < -0.3 is 14.1 Å². The van der Waals surface area contributed by atoms with E-state index in [1.165, 1.54) is 0 Å². The first-order valence-electron chi connectivity index (χ1n) is 9.83. The molecule has 0 N–H and O–H groups in total. The zero-order chi connectivity index (χ0) is 19.9. The molecular weight excluding hydrogens is 358 g/mol. The largest absolute Gasteiger partial charge is 0.444 e. The Morgan fingerprint density at radius 3 is 2.82 bits per heavy atom. The number of hydrogen-bond donors (Lipinski definition) is 0. The molecule has 4 rings (SSSR count). The Morgan fingerprint density at radius 1 is 1.43 bits per heavy atom. The lowest BCUT2D eigenvalue weighted by Gasteiger charge is -2.34. The van der Waals surface area contributed by atoms with Gasteiger partial charge in [0.1, 0.15) is 5.60 Å². The molecule has 1 saturated heterocycles. The lowest BCUT2D eigenvalue weighted by molar-refractivity contribution is -0.107. The van der Waals surface area contributed by atoms with Crippen LogP contribution in [0.3, 0.4) is 0 Å². The molecule has 1 aliphatic carbocycles. The monoisotopic (exact) mass is 385 g/mol. The minimum absolute atomic E-state index is 0.230. The minimum atomic E-state index is -0.471. The maximum Gasteiger partial charge on any atom is 0.410 e. The Morgan fingerprint density at radius 2 is 2.18 bits per heavy atom. The van der Waals surface area contributed by atoms with E-state index >= 15 is 0 Å². The van der Waals surface area contributed by atoms with E-state index in [0.717, 1.165) is 31.1 Å². The molecule has 1 unspecified atom stereocenters. The van der Waals surface area contributed by atoms with Crippen molar-refractivity contribution in [1.29, 1.82) is 0 Å². The molecule has 0 radical (unpaired) electrons. The highest BCUT2D eigenvalue weighted by Gasteiger charge is 2.55. The number of fused-ring (bicyclic) bond motifs is 1. The van der Waals surface area contributed by atoms with Gasteiger partial charge in [-0.15, -0.1) is 0 Å². The van der Waals surface area contributed by atoms with Crippen molar-refractivity contribution in [3.8, 4) is 0 Å². The number of aromatic nitrogens is 1. The standard InChI is InChI=1S/C21H27N3O4/c1-20(2,3)28-19(26)23-8-5-21(6-9-23)11-16(21)13-24(14-25)18-10-15-4-7-22-12-17(15)27-18/h4,7,10,12,14,16H,5-6,8-9,11,13H2,1-3H3. The zero-order valence-corrected chi connectivity index (χ0v) is 16.7. The number of amides is 2. The number of anilines is 1.